The zero-order valence-corrected chi connectivity index (χ0v) is 18.5. The average Bonchev–Trinajstić information content (AvgIpc) is 2.79. The van der Waals surface area contributed by atoms with Crippen molar-refractivity contribution in [2.45, 2.75) is 12.8 Å². The number of carbonyl (C=O) groups excluding carboxylic acids is 1. The SMILES string of the molecule is CN(C)CCc1ccc(OCCc2ccc(OC(=O)N(C)c3ccccc3)cc2)cc1. The van der Waals surface area contributed by atoms with E-state index in [4.69, 9.17) is 9.47 Å². The van der Waals surface area contributed by atoms with E-state index >= 15 is 0 Å². The molecule has 1 amide bonds. The lowest BCUT2D eigenvalue weighted by atomic mass is 10.1. The number of para-hydroxylation sites is 1. The number of carbonyl (C=O) groups is 1. The molecule has 0 saturated carbocycles. The molecule has 0 saturated heterocycles. The molecule has 3 aromatic rings. The molecule has 0 heterocycles. The van der Waals surface area contributed by atoms with Gasteiger partial charge < -0.3 is 14.4 Å². The van der Waals surface area contributed by atoms with E-state index in [1.54, 1.807) is 7.05 Å². The van der Waals surface area contributed by atoms with Crippen LogP contribution in [0.1, 0.15) is 11.1 Å². The minimum atomic E-state index is -0.420. The second-order valence-corrected chi connectivity index (χ2v) is 7.70. The van der Waals surface area contributed by atoms with Crippen LogP contribution in [-0.2, 0) is 12.8 Å². The van der Waals surface area contributed by atoms with Crippen LogP contribution in [0.4, 0.5) is 10.5 Å². The smallest absolute Gasteiger partial charge is 0.419 e. The second-order valence-electron chi connectivity index (χ2n) is 7.70. The van der Waals surface area contributed by atoms with E-state index in [1.807, 2.05) is 66.7 Å². The topological polar surface area (TPSA) is 42.0 Å². The Morgan fingerprint density at radius 1 is 0.742 bits per heavy atom. The van der Waals surface area contributed by atoms with Crippen molar-refractivity contribution >= 4 is 11.8 Å². The van der Waals surface area contributed by atoms with Crippen molar-refractivity contribution in [2.24, 2.45) is 0 Å². The summed E-state index contributed by atoms with van der Waals surface area (Å²) in [4.78, 5) is 16.0. The van der Waals surface area contributed by atoms with Gasteiger partial charge in [-0.1, -0.05) is 42.5 Å². The summed E-state index contributed by atoms with van der Waals surface area (Å²) in [6.45, 7) is 1.63. The highest BCUT2D eigenvalue weighted by molar-refractivity contribution is 5.88. The molecule has 0 aliphatic heterocycles. The first kappa shape index (κ1) is 22.4. The van der Waals surface area contributed by atoms with E-state index in [1.165, 1.54) is 10.5 Å². The quantitative estimate of drug-likeness (QED) is 0.488. The lowest BCUT2D eigenvalue weighted by Gasteiger charge is -2.16. The minimum absolute atomic E-state index is 0.420. The number of nitrogens with zero attached hydrogens (tertiary/aromatic N) is 2. The van der Waals surface area contributed by atoms with Gasteiger partial charge in [0.05, 0.1) is 6.61 Å². The Morgan fingerprint density at radius 2 is 1.32 bits per heavy atom. The van der Waals surface area contributed by atoms with Crippen LogP contribution >= 0.6 is 0 Å². The Balaban J connectivity index is 1.43. The third-order valence-electron chi connectivity index (χ3n) is 4.98. The summed E-state index contributed by atoms with van der Waals surface area (Å²) in [6.07, 6.45) is 1.39. The van der Waals surface area contributed by atoms with Crippen LogP contribution in [0, 0.1) is 0 Å². The van der Waals surface area contributed by atoms with Crippen molar-refractivity contribution in [2.75, 3.05) is 39.2 Å². The number of benzene rings is 3. The summed E-state index contributed by atoms with van der Waals surface area (Å²) in [5.74, 6) is 1.40. The molecule has 31 heavy (non-hydrogen) atoms. The highest BCUT2D eigenvalue weighted by Gasteiger charge is 2.12. The molecule has 0 fully saturated rings. The molecule has 0 aromatic heterocycles. The number of hydrogen-bond acceptors (Lipinski definition) is 4. The zero-order chi connectivity index (χ0) is 22.1. The number of rotatable bonds is 9. The summed E-state index contributed by atoms with van der Waals surface area (Å²) >= 11 is 0. The Hall–Kier alpha value is -3.31. The fraction of sp³-hybridized carbons (Fsp3) is 0.269. The van der Waals surface area contributed by atoms with E-state index in [2.05, 4.69) is 31.1 Å². The zero-order valence-electron chi connectivity index (χ0n) is 18.5. The fourth-order valence-electron chi connectivity index (χ4n) is 3.04. The molecule has 0 aliphatic rings. The molecule has 0 aliphatic carbocycles. The first-order valence-electron chi connectivity index (χ1n) is 10.5. The minimum Gasteiger partial charge on any atom is -0.493 e. The van der Waals surface area contributed by atoms with Crippen molar-refractivity contribution in [1.29, 1.82) is 0 Å². The van der Waals surface area contributed by atoms with Crippen molar-refractivity contribution in [3.8, 4) is 11.5 Å². The highest BCUT2D eigenvalue weighted by Crippen LogP contribution is 2.18. The molecule has 0 radical (unpaired) electrons. The number of amides is 1. The Kier molecular flexibility index (Phi) is 8.07. The lowest BCUT2D eigenvalue weighted by molar-refractivity contribution is 0.209. The average molecular weight is 419 g/mol. The van der Waals surface area contributed by atoms with Crippen molar-refractivity contribution in [3.63, 3.8) is 0 Å². The lowest BCUT2D eigenvalue weighted by Crippen LogP contribution is -2.29. The summed E-state index contributed by atoms with van der Waals surface area (Å²) in [7, 11) is 5.85. The summed E-state index contributed by atoms with van der Waals surface area (Å²) in [5.41, 5.74) is 3.22. The molecular formula is C26H30N2O3. The molecule has 0 atom stereocenters. The van der Waals surface area contributed by atoms with Crippen LogP contribution in [-0.4, -0.2) is 45.3 Å². The number of likely N-dealkylation sites (N-methyl/N-ethyl adjacent to an activating group) is 1. The van der Waals surface area contributed by atoms with Crippen LogP contribution < -0.4 is 14.4 Å². The summed E-state index contributed by atoms with van der Waals surface area (Å²) in [6, 6.07) is 25.2. The molecule has 162 valence electrons. The van der Waals surface area contributed by atoms with E-state index < -0.39 is 6.09 Å². The highest BCUT2D eigenvalue weighted by atomic mass is 16.6. The maximum Gasteiger partial charge on any atom is 0.419 e. The Bertz CT molecular complexity index is 939. The molecule has 3 aromatic carbocycles. The van der Waals surface area contributed by atoms with Crippen LogP contribution in [0.5, 0.6) is 11.5 Å². The number of anilines is 1. The summed E-state index contributed by atoms with van der Waals surface area (Å²) < 4.78 is 11.3. The first-order chi connectivity index (χ1) is 15.0. The molecule has 0 bridgehead atoms. The first-order valence-corrected chi connectivity index (χ1v) is 10.5. The fourth-order valence-corrected chi connectivity index (χ4v) is 3.04. The Labute approximate surface area is 184 Å². The van der Waals surface area contributed by atoms with Crippen molar-refractivity contribution < 1.29 is 14.3 Å². The van der Waals surface area contributed by atoms with E-state index in [0.29, 0.717) is 12.4 Å². The van der Waals surface area contributed by atoms with E-state index in [0.717, 1.165) is 36.4 Å². The monoisotopic (exact) mass is 418 g/mol. The van der Waals surface area contributed by atoms with Crippen molar-refractivity contribution in [1.82, 2.24) is 4.90 Å². The van der Waals surface area contributed by atoms with Gasteiger partial charge in [-0.25, -0.2) is 4.79 Å². The van der Waals surface area contributed by atoms with Crippen LogP contribution in [0.25, 0.3) is 0 Å². The van der Waals surface area contributed by atoms with Crippen molar-refractivity contribution in [3.05, 3.63) is 90.0 Å². The van der Waals surface area contributed by atoms with Gasteiger partial charge in [-0.15, -0.1) is 0 Å². The van der Waals surface area contributed by atoms with Gasteiger partial charge in [0.2, 0.25) is 0 Å². The molecular weight excluding hydrogens is 388 g/mol. The van der Waals surface area contributed by atoms with Gasteiger partial charge in [0.1, 0.15) is 11.5 Å². The molecule has 3 rings (SSSR count). The third kappa shape index (κ3) is 7.15. The van der Waals surface area contributed by atoms with Crippen LogP contribution in [0.2, 0.25) is 0 Å². The molecule has 0 unspecified atom stereocenters. The Morgan fingerprint density at radius 3 is 1.94 bits per heavy atom. The molecule has 0 spiro atoms. The van der Waals surface area contributed by atoms with Crippen LogP contribution in [0.3, 0.4) is 0 Å². The third-order valence-corrected chi connectivity index (χ3v) is 4.98. The normalized spacial score (nSPS) is 10.7. The predicted octanol–water partition coefficient (Wildman–Crippen LogP) is 5.05. The maximum absolute atomic E-state index is 12.3. The van der Waals surface area contributed by atoms with Gasteiger partial charge in [0.15, 0.2) is 0 Å². The van der Waals surface area contributed by atoms with E-state index in [9.17, 15) is 4.79 Å². The van der Waals surface area contributed by atoms with Gasteiger partial charge >= 0.3 is 6.09 Å². The van der Waals surface area contributed by atoms with Gasteiger partial charge in [0.25, 0.3) is 0 Å². The van der Waals surface area contributed by atoms with Gasteiger partial charge in [-0.05, 0) is 68.0 Å². The predicted molar refractivity (Wildman–Crippen MR) is 125 cm³/mol. The van der Waals surface area contributed by atoms with Gasteiger partial charge in [0, 0.05) is 25.7 Å². The number of ether oxygens (including phenoxy) is 2. The second kappa shape index (κ2) is 11.2. The summed E-state index contributed by atoms with van der Waals surface area (Å²) in [5, 5.41) is 0. The molecule has 5 heteroatoms. The van der Waals surface area contributed by atoms with Crippen LogP contribution in [0.15, 0.2) is 78.9 Å². The maximum atomic E-state index is 12.3. The largest absolute Gasteiger partial charge is 0.493 e. The van der Waals surface area contributed by atoms with Gasteiger partial charge in [-0.2, -0.15) is 0 Å². The van der Waals surface area contributed by atoms with Gasteiger partial charge in [-0.3, -0.25) is 4.90 Å². The molecule has 0 N–H and O–H groups in total. The standard InChI is InChI=1S/C26H30N2O3/c1-27(2)19-17-21-9-13-24(14-10-21)30-20-18-22-11-15-25(16-12-22)31-26(29)28(3)23-7-5-4-6-8-23/h4-16H,17-20H2,1-3H3. The molecule has 5 nitrogen and oxygen atoms in total. The number of hydrogen-bond donors (Lipinski definition) is 0. The van der Waals surface area contributed by atoms with E-state index in [-0.39, 0.29) is 0 Å².